The lowest BCUT2D eigenvalue weighted by molar-refractivity contribution is -0.144. The second-order valence-electron chi connectivity index (χ2n) is 15.8. The molecular formula is C39H50F3N9O3. The van der Waals surface area contributed by atoms with Crippen LogP contribution in [-0.2, 0) is 20.4 Å². The van der Waals surface area contributed by atoms with Crippen molar-refractivity contribution < 1.29 is 27.4 Å². The van der Waals surface area contributed by atoms with E-state index in [2.05, 4.69) is 38.5 Å². The van der Waals surface area contributed by atoms with Crippen molar-refractivity contribution >= 4 is 28.6 Å². The highest BCUT2D eigenvalue weighted by Crippen LogP contribution is 2.44. The summed E-state index contributed by atoms with van der Waals surface area (Å²) in [6, 6.07) is 4.69. The largest absolute Gasteiger partial charge is 0.466 e. The van der Waals surface area contributed by atoms with Crippen LogP contribution in [0.4, 0.5) is 24.7 Å². The van der Waals surface area contributed by atoms with Crippen LogP contribution in [0.15, 0.2) is 30.6 Å². The number of carbonyl (C=O) groups is 1. The lowest BCUT2D eigenvalue weighted by atomic mass is 9.86. The fourth-order valence-corrected chi connectivity index (χ4v) is 8.21. The van der Waals surface area contributed by atoms with Gasteiger partial charge in [0.2, 0.25) is 0 Å². The average Bonchev–Trinajstić information content (AvgIpc) is 3.74. The van der Waals surface area contributed by atoms with Gasteiger partial charge < -0.3 is 24.3 Å². The first-order chi connectivity index (χ1) is 25.8. The molecule has 0 bridgehead atoms. The van der Waals surface area contributed by atoms with E-state index in [1.54, 1.807) is 25.6 Å². The maximum atomic E-state index is 14.1. The number of aromatic nitrogens is 6. The van der Waals surface area contributed by atoms with Crippen molar-refractivity contribution in [3.05, 3.63) is 42.0 Å². The molecule has 3 aliphatic rings. The predicted octanol–water partition coefficient (Wildman–Crippen LogP) is 6.87. The number of anilines is 2. The van der Waals surface area contributed by atoms with E-state index in [4.69, 9.17) is 29.4 Å². The molecule has 54 heavy (non-hydrogen) atoms. The van der Waals surface area contributed by atoms with Crippen molar-refractivity contribution in [1.82, 2.24) is 34.8 Å². The van der Waals surface area contributed by atoms with Crippen molar-refractivity contribution in [2.75, 3.05) is 69.9 Å². The third-order valence-electron chi connectivity index (χ3n) is 11.1. The number of H-pyrrole nitrogens is 1. The molecule has 4 aromatic heterocycles. The molecule has 7 rings (SSSR count). The Hall–Kier alpha value is -4.37. The third kappa shape index (κ3) is 8.16. The quantitative estimate of drug-likeness (QED) is 0.144. The van der Waals surface area contributed by atoms with E-state index >= 15 is 0 Å². The number of rotatable bonds is 13. The Morgan fingerprint density at radius 3 is 2.46 bits per heavy atom. The second-order valence-corrected chi connectivity index (χ2v) is 15.8. The van der Waals surface area contributed by atoms with E-state index < -0.39 is 11.9 Å². The van der Waals surface area contributed by atoms with Crippen molar-refractivity contribution in [2.45, 2.75) is 83.4 Å². The summed E-state index contributed by atoms with van der Waals surface area (Å²) >= 11 is 0. The summed E-state index contributed by atoms with van der Waals surface area (Å²) in [6.07, 6.45) is 5.15. The molecule has 15 heteroatoms. The Morgan fingerprint density at radius 2 is 1.81 bits per heavy atom. The molecule has 1 saturated heterocycles. The number of imidazole rings is 1. The minimum atomic E-state index is -4.59. The van der Waals surface area contributed by atoms with Gasteiger partial charge in [0.05, 0.1) is 43.4 Å². The summed E-state index contributed by atoms with van der Waals surface area (Å²) < 4.78 is 53.0. The number of nitrogens with zero attached hydrogens (tertiary/aromatic N) is 8. The fourth-order valence-electron chi connectivity index (χ4n) is 8.21. The molecular weight excluding hydrogens is 699 g/mol. The number of nitrogens with one attached hydrogen (secondary N) is 1. The lowest BCUT2D eigenvalue weighted by Gasteiger charge is -2.47. The predicted molar refractivity (Wildman–Crippen MR) is 200 cm³/mol. The zero-order chi connectivity index (χ0) is 38.3. The number of alkyl halides is 3. The lowest BCUT2D eigenvalue weighted by Crippen LogP contribution is -2.59. The number of piperazine rings is 1. The number of pyridine rings is 2. The number of hydrogen-bond acceptors (Lipinski definition) is 11. The molecule has 4 aromatic rings. The summed E-state index contributed by atoms with van der Waals surface area (Å²) in [6.45, 7) is 10.6. The maximum Gasteiger partial charge on any atom is 0.433 e. The number of halogens is 3. The monoisotopic (exact) mass is 749 g/mol. The number of esters is 1. The average molecular weight is 750 g/mol. The van der Waals surface area contributed by atoms with Crippen LogP contribution in [0.25, 0.3) is 33.9 Å². The molecule has 5 heterocycles. The molecule has 12 nitrogen and oxygen atoms in total. The van der Waals surface area contributed by atoms with E-state index in [9.17, 15) is 18.0 Å². The van der Waals surface area contributed by atoms with Crippen LogP contribution in [0.3, 0.4) is 0 Å². The Bertz CT molecular complexity index is 1960. The molecule has 2 saturated carbocycles. The number of ether oxygens (including phenoxy) is 2. The molecule has 0 amide bonds. The van der Waals surface area contributed by atoms with E-state index in [1.807, 2.05) is 20.0 Å². The van der Waals surface area contributed by atoms with Gasteiger partial charge in [0.1, 0.15) is 22.7 Å². The number of methoxy groups -OCH3 is 1. The number of hydrogen-bond donors (Lipinski definition) is 1. The minimum absolute atomic E-state index is 0.0259. The van der Waals surface area contributed by atoms with Crippen LogP contribution in [0.2, 0.25) is 0 Å². The van der Waals surface area contributed by atoms with Crippen LogP contribution in [0, 0.1) is 5.41 Å². The van der Waals surface area contributed by atoms with Gasteiger partial charge in [0, 0.05) is 75.0 Å². The smallest absolute Gasteiger partial charge is 0.433 e. The molecule has 3 fully saturated rings. The maximum absolute atomic E-state index is 14.1. The third-order valence-corrected chi connectivity index (χ3v) is 11.1. The van der Waals surface area contributed by atoms with E-state index in [0.717, 1.165) is 69.2 Å². The Kier molecular flexibility index (Phi) is 10.6. The summed E-state index contributed by atoms with van der Waals surface area (Å²) in [5, 5.41) is 0. The summed E-state index contributed by atoms with van der Waals surface area (Å²) in [5.74, 6) is 1.04. The Labute approximate surface area is 313 Å². The normalized spacial score (nSPS) is 18.7. The van der Waals surface area contributed by atoms with Crippen LogP contribution in [0.5, 0.6) is 0 Å². The van der Waals surface area contributed by atoms with Gasteiger partial charge in [-0.15, -0.1) is 0 Å². The van der Waals surface area contributed by atoms with Crippen LogP contribution < -0.4 is 9.80 Å². The van der Waals surface area contributed by atoms with Gasteiger partial charge in [-0.3, -0.25) is 9.69 Å². The molecule has 0 spiro atoms. The molecule has 1 aliphatic heterocycles. The summed E-state index contributed by atoms with van der Waals surface area (Å²) in [5.41, 5.74) is 2.39. The van der Waals surface area contributed by atoms with E-state index in [-0.39, 0.29) is 22.8 Å². The second kappa shape index (κ2) is 15.0. The fraction of sp³-hybridized carbons (Fsp3) is 0.590. The number of aromatic amines is 1. The first-order valence-electron chi connectivity index (χ1n) is 19.0. The van der Waals surface area contributed by atoms with Gasteiger partial charge in [-0.25, -0.2) is 24.9 Å². The van der Waals surface area contributed by atoms with Gasteiger partial charge >= 0.3 is 12.1 Å². The first-order valence-corrected chi connectivity index (χ1v) is 19.0. The highest BCUT2D eigenvalue weighted by atomic mass is 19.4. The Balaban J connectivity index is 1.20. The van der Waals surface area contributed by atoms with Crippen molar-refractivity contribution in [3.8, 4) is 22.8 Å². The highest BCUT2D eigenvalue weighted by molar-refractivity contribution is 5.91. The van der Waals surface area contributed by atoms with E-state index in [1.165, 1.54) is 0 Å². The van der Waals surface area contributed by atoms with E-state index in [0.29, 0.717) is 78.9 Å². The highest BCUT2D eigenvalue weighted by Gasteiger charge is 2.38. The summed E-state index contributed by atoms with van der Waals surface area (Å²) in [7, 11) is 3.73. The van der Waals surface area contributed by atoms with Crippen LogP contribution >= 0.6 is 0 Å². The topological polar surface area (TPSA) is 125 Å². The Morgan fingerprint density at radius 1 is 1.04 bits per heavy atom. The zero-order valence-electron chi connectivity index (χ0n) is 31.8. The molecule has 0 radical (unpaired) electrons. The SMILES string of the molecule is CCOC(=O)CCN1CCN(c2cnc(-c3nc4nc(-c5cc(C6CC6)nc(C(F)(F)F)c5)cc(N(C)CC5(COC)CCCC5)c4[nH]3)cn2)CC1(C)C. The first kappa shape index (κ1) is 37.9. The number of carbonyl (C=O) groups excluding carboxylic acids is 1. The molecule has 0 atom stereocenters. The summed E-state index contributed by atoms with van der Waals surface area (Å²) in [4.78, 5) is 45.3. The van der Waals surface area contributed by atoms with Crippen LogP contribution in [-0.4, -0.2) is 106 Å². The standard InChI is InChI=1S/C39H50F3N9O3/c1-6-54-33(52)11-14-51-16-15-50(22-37(51,2)3)32-21-43-29(20-44-32)35-47-34-30(49(4)23-38(24-53-5)12-7-8-13-38)19-28(46-36(34)48-35)26-17-27(25-9-10-25)45-31(18-26)39(40,41)42/h17-21,25H,6-16,22-24H2,1-5H3,(H,46,47,48). The molecule has 290 valence electrons. The van der Waals surface area contributed by atoms with Gasteiger partial charge in [-0.05, 0) is 64.7 Å². The zero-order valence-corrected chi connectivity index (χ0v) is 31.8. The minimum Gasteiger partial charge on any atom is -0.466 e. The van der Waals surface area contributed by atoms with Gasteiger partial charge in [-0.1, -0.05) is 12.8 Å². The van der Waals surface area contributed by atoms with Gasteiger partial charge in [-0.2, -0.15) is 13.2 Å². The molecule has 0 aromatic carbocycles. The van der Waals surface area contributed by atoms with Crippen molar-refractivity contribution in [1.29, 1.82) is 0 Å². The molecule has 0 unspecified atom stereocenters. The number of fused-ring (bicyclic) bond motifs is 1. The van der Waals surface area contributed by atoms with Gasteiger partial charge in [0.25, 0.3) is 0 Å². The molecule has 2 aliphatic carbocycles. The van der Waals surface area contributed by atoms with Gasteiger partial charge in [0.15, 0.2) is 11.5 Å². The molecule has 1 N–H and O–H groups in total. The van der Waals surface area contributed by atoms with Crippen molar-refractivity contribution in [3.63, 3.8) is 0 Å². The van der Waals surface area contributed by atoms with Crippen molar-refractivity contribution in [2.24, 2.45) is 5.41 Å². The van der Waals surface area contributed by atoms with Crippen LogP contribution in [0.1, 0.15) is 83.0 Å².